The Bertz CT molecular complexity index is 502. The molecule has 0 saturated carbocycles. The fourth-order valence-corrected chi connectivity index (χ4v) is 1.70. The van der Waals surface area contributed by atoms with E-state index in [0.29, 0.717) is 23.9 Å². The number of nitrogens with one attached hydrogen (secondary N) is 1. The number of rotatable bonds is 4. The highest BCUT2D eigenvalue weighted by Crippen LogP contribution is 2.16. The fraction of sp³-hybridized carbons (Fsp3) is 0.250. The Labute approximate surface area is 104 Å². The molecule has 5 heteroatoms. The van der Waals surface area contributed by atoms with Gasteiger partial charge in [-0.25, -0.2) is 0 Å². The zero-order valence-electron chi connectivity index (χ0n) is 9.33. The van der Waals surface area contributed by atoms with Crippen molar-refractivity contribution in [3.8, 4) is 0 Å². The standard InChI is InChI=1S/C12H12ClNO3/c1-8-9(6-13)5-11(17-8)12(15)14-7-10-3-2-4-16-10/h2-5H,6-7H2,1H3,(H,14,15). The molecule has 2 aromatic rings. The van der Waals surface area contributed by atoms with Gasteiger partial charge < -0.3 is 14.2 Å². The normalized spacial score (nSPS) is 10.5. The van der Waals surface area contributed by atoms with E-state index < -0.39 is 0 Å². The number of hydrogen-bond donors (Lipinski definition) is 1. The van der Waals surface area contributed by atoms with Gasteiger partial charge in [0.25, 0.3) is 5.91 Å². The van der Waals surface area contributed by atoms with Crippen LogP contribution in [0, 0.1) is 6.92 Å². The maximum absolute atomic E-state index is 11.7. The highest BCUT2D eigenvalue weighted by atomic mass is 35.5. The third-order valence-electron chi connectivity index (χ3n) is 2.39. The lowest BCUT2D eigenvalue weighted by Gasteiger charge is -1.99. The van der Waals surface area contributed by atoms with E-state index in [9.17, 15) is 4.79 Å². The predicted octanol–water partition coefficient (Wildman–Crippen LogP) is 2.85. The van der Waals surface area contributed by atoms with Gasteiger partial charge >= 0.3 is 0 Å². The van der Waals surface area contributed by atoms with Crippen LogP contribution in [0.15, 0.2) is 33.3 Å². The van der Waals surface area contributed by atoms with Crippen LogP contribution in [0.2, 0.25) is 0 Å². The number of carbonyl (C=O) groups is 1. The Morgan fingerprint density at radius 3 is 2.94 bits per heavy atom. The molecule has 4 nitrogen and oxygen atoms in total. The summed E-state index contributed by atoms with van der Waals surface area (Å²) in [5.74, 6) is 1.69. The molecule has 0 bridgehead atoms. The number of alkyl halides is 1. The lowest BCUT2D eigenvalue weighted by atomic mass is 10.3. The van der Waals surface area contributed by atoms with Crippen molar-refractivity contribution in [1.29, 1.82) is 0 Å². The van der Waals surface area contributed by atoms with E-state index in [1.165, 1.54) is 0 Å². The zero-order valence-corrected chi connectivity index (χ0v) is 10.1. The third-order valence-corrected chi connectivity index (χ3v) is 2.68. The maximum Gasteiger partial charge on any atom is 0.287 e. The Morgan fingerprint density at radius 1 is 1.53 bits per heavy atom. The maximum atomic E-state index is 11.7. The lowest BCUT2D eigenvalue weighted by molar-refractivity contribution is 0.0919. The summed E-state index contributed by atoms with van der Waals surface area (Å²) in [6, 6.07) is 5.21. The molecule has 0 fully saturated rings. The number of furan rings is 2. The summed E-state index contributed by atoms with van der Waals surface area (Å²) in [7, 11) is 0. The van der Waals surface area contributed by atoms with Crippen LogP contribution in [0.4, 0.5) is 0 Å². The fourth-order valence-electron chi connectivity index (χ4n) is 1.43. The molecule has 0 aliphatic carbocycles. The molecule has 0 aliphatic heterocycles. The van der Waals surface area contributed by atoms with E-state index in [1.54, 1.807) is 31.4 Å². The van der Waals surface area contributed by atoms with Crippen molar-refractivity contribution in [2.24, 2.45) is 0 Å². The van der Waals surface area contributed by atoms with Crippen molar-refractivity contribution in [3.63, 3.8) is 0 Å². The summed E-state index contributed by atoms with van der Waals surface area (Å²) in [4.78, 5) is 11.7. The molecule has 0 radical (unpaired) electrons. The van der Waals surface area contributed by atoms with Crippen LogP contribution < -0.4 is 5.32 Å². The number of amides is 1. The molecular formula is C12H12ClNO3. The first-order chi connectivity index (χ1) is 8.20. The smallest absolute Gasteiger partial charge is 0.287 e. The first kappa shape index (κ1) is 11.8. The van der Waals surface area contributed by atoms with Crippen LogP contribution in [-0.4, -0.2) is 5.91 Å². The second-order valence-electron chi connectivity index (χ2n) is 3.59. The van der Waals surface area contributed by atoms with Gasteiger partial charge in [-0.1, -0.05) is 0 Å². The van der Waals surface area contributed by atoms with Gasteiger partial charge in [0.2, 0.25) is 0 Å². The summed E-state index contributed by atoms with van der Waals surface area (Å²) in [5.41, 5.74) is 0.829. The molecule has 2 rings (SSSR count). The Kier molecular flexibility index (Phi) is 3.54. The number of carbonyl (C=O) groups excluding carboxylic acids is 1. The SMILES string of the molecule is Cc1oc(C(=O)NCc2ccco2)cc1CCl. The van der Waals surface area contributed by atoms with Crippen LogP contribution in [-0.2, 0) is 12.4 Å². The molecule has 1 N–H and O–H groups in total. The second kappa shape index (κ2) is 5.10. The van der Waals surface area contributed by atoms with E-state index in [-0.39, 0.29) is 11.7 Å². The number of halogens is 1. The highest BCUT2D eigenvalue weighted by Gasteiger charge is 2.13. The van der Waals surface area contributed by atoms with Gasteiger partial charge in [-0.05, 0) is 25.1 Å². The van der Waals surface area contributed by atoms with E-state index in [1.807, 2.05) is 0 Å². The van der Waals surface area contributed by atoms with Gasteiger partial charge in [0, 0.05) is 5.56 Å². The number of hydrogen-bond acceptors (Lipinski definition) is 3. The van der Waals surface area contributed by atoms with E-state index >= 15 is 0 Å². The number of aryl methyl sites for hydroxylation is 1. The van der Waals surface area contributed by atoms with Crippen molar-refractivity contribution in [2.75, 3.05) is 0 Å². The van der Waals surface area contributed by atoms with Gasteiger partial charge in [-0.15, -0.1) is 11.6 Å². The van der Waals surface area contributed by atoms with Gasteiger partial charge in [0.05, 0.1) is 18.7 Å². The van der Waals surface area contributed by atoms with E-state index in [4.69, 9.17) is 20.4 Å². The largest absolute Gasteiger partial charge is 0.467 e. The molecule has 0 aromatic carbocycles. The summed E-state index contributed by atoms with van der Waals surface area (Å²) >= 11 is 5.70. The summed E-state index contributed by atoms with van der Waals surface area (Å²) in [6.07, 6.45) is 1.56. The quantitative estimate of drug-likeness (QED) is 0.853. The zero-order chi connectivity index (χ0) is 12.3. The Morgan fingerprint density at radius 2 is 2.35 bits per heavy atom. The van der Waals surface area contributed by atoms with Crippen LogP contribution in [0.3, 0.4) is 0 Å². The highest BCUT2D eigenvalue weighted by molar-refractivity contribution is 6.17. The molecule has 0 saturated heterocycles. The molecule has 0 unspecified atom stereocenters. The van der Waals surface area contributed by atoms with Crippen LogP contribution >= 0.6 is 11.6 Å². The third kappa shape index (κ3) is 2.71. The average Bonchev–Trinajstić information content (AvgIpc) is 2.94. The van der Waals surface area contributed by atoms with Crippen LogP contribution in [0.25, 0.3) is 0 Å². The predicted molar refractivity (Wildman–Crippen MR) is 62.9 cm³/mol. The first-order valence-electron chi connectivity index (χ1n) is 5.16. The van der Waals surface area contributed by atoms with Crippen molar-refractivity contribution >= 4 is 17.5 Å². The molecule has 0 aliphatic rings. The van der Waals surface area contributed by atoms with Crippen LogP contribution in [0.1, 0.15) is 27.6 Å². The Hall–Kier alpha value is -1.68. The minimum absolute atomic E-state index is 0.268. The van der Waals surface area contributed by atoms with Crippen LogP contribution in [0.5, 0.6) is 0 Å². The van der Waals surface area contributed by atoms with E-state index in [0.717, 1.165) is 5.56 Å². The van der Waals surface area contributed by atoms with Crippen molar-refractivity contribution in [1.82, 2.24) is 5.32 Å². The topological polar surface area (TPSA) is 55.4 Å². The summed E-state index contributed by atoms with van der Waals surface area (Å²) < 4.78 is 10.4. The molecule has 2 heterocycles. The molecule has 2 aromatic heterocycles. The molecule has 1 amide bonds. The monoisotopic (exact) mass is 253 g/mol. The second-order valence-corrected chi connectivity index (χ2v) is 3.86. The molecule has 0 spiro atoms. The minimum Gasteiger partial charge on any atom is -0.467 e. The molecule has 0 atom stereocenters. The van der Waals surface area contributed by atoms with Gasteiger partial charge in [0.15, 0.2) is 5.76 Å². The van der Waals surface area contributed by atoms with Crippen molar-refractivity contribution in [2.45, 2.75) is 19.3 Å². The van der Waals surface area contributed by atoms with Crippen molar-refractivity contribution < 1.29 is 13.6 Å². The van der Waals surface area contributed by atoms with Gasteiger partial charge in [0.1, 0.15) is 11.5 Å². The molecule has 17 heavy (non-hydrogen) atoms. The first-order valence-corrected chi connectivity index (χ1v) is 5.70. The minimum atomic E-state index is -0.277. The molecule has 90 valence electrons. The average molecular weight is 254 g/mol. The van der Waals surface area contributed by atoms with Gasteiger partial charge in [-0.2, -0.15) is 0 Å². The van der Waals surface area contributed by atoms with E-state index in [2.05, 4.69) is 5.32 Å². The molecular weight excluding hydrogens is 242 g/mol. The van der Waals surface area contributed by atoms with Gasteiger partial charge in [-0.3, -0.25) is 4.79 Å². The lowest BCUT2D eigenvalue weighted by Crippen LogP contribution is -2.21. The van der Waals surface area contributed by atoms with Crippen molar-refractivity contribution in [3.05, 3.63) is 47.3 Å². The summed E-state index contributed by atoms with van der Waals surface area (Å²) in [5, 5.41) is 2.70. The summed E-state index contributed by atoms with van der Waals surface area (Å²) in [6.45, 7) is 2.11. The Balaban J connectivity index is 1.99.